The molecule has 0 saturated heterocycles. The molecular weight excluding hydrogens is 340 g/mol. The average Bonchev–Trinajstić information content (AvgIpc) is 2.61. The summed E-state index contributed by atoms with van der Waals surface area (Å²) in [6.07, 6.45) is 1.61. The number of para-hydroxylation sites is 1. The van der Waals surface area contributed by atoms with E-state index in [0.717, 1.165) is 10.1 Å². The van der Waals surface area contributed by atoms with Gasteiger partial charge in [0.1, 0.15) is 5.82 Å². The average molecular weight is 355 g/mol. The van der Waals surface area contributed by atoms with Gasteiger partial charge in [-0.15, -0.1) is 0 Å². The van der Waals surface area contributed by atoms with E-state index in [1.54, 1.807) is 49.7 Å². The predicted molar refractivity (Wildman–Crippen MR) is 100 cm³/mol. The first-order valence-corrected chi connectivity index (χ1v) is 7.87. The van der Waals surface area contributed by atoms with Crippen molar-refractivity contribution < 1.29 is 0 Å². The summed E-state index contributed by atoms with van der Waals surface area (Å²) in [7, 11) is 1.64. The van der Waals surface area contributed by atoms with Gasteiger partial charge in [0.25, 0.3) is 5.56 Å². The molecule has 0 amide bonds. The molecule has 0 spiro atoms. The van der Waals surface area contributed by atoms with E-state index in [0.29, 0.717) is 16.5 Å². The summed E-state index contributed by atoms with van der Waals surface area (Å²) >= 11 is 5.84. The molecule has 0 saturated carbocycles. The van der Waals surface area contributed by atoms with Crippen molar-refractivity contribution in [1.29, 1.82) is 0 Å². The summed E-state index contributed by atoms with van der Waals surface area (Å²) < 4.78 is 1.07. The zero-order chi connectivity index (χ0) is 17.8. The first-order chi connectivity index (χ1) is 12.0. The van der Waals surface area contributed by atoms with Crippen LogP contribution in [0.25, 0.3) is 5.69 Å². The maximum absolute atomic E-state index is 12.3. The number of nitrogens with one attached hydrogen (secondary N) is 1. The fourth-order valence-corrected chi connectivity index (χ4v) is 2.37. The Hall–Kier alpha value is -3.12. The molecule has 3 rings (SSSR count). The van der Waals surface area contributed by atoms with Crippen molar-refractivity contribution >= 4 is 23.6 Å². The Morgan fingerprint density at radius 2 is 1.76 bits per heavy atom. The Bertz CT molecular complexity index is 976. The molecule has 25 heavy (non-hydrogen) atoms. The van der Waals surface area contributed by atoms with E-state index in [1.807, 2.05) is 18.2 Å². The number of benzene rings is 2. The molecule has 6 nitrogen and oxygen atoms in total. The van der Waals surface area contributed by atoms with Gasteiger partial charge in [0.15, 0.2) is 0 Å². The number of anilines is 1. The zero-order valence-electron chi connectivity index (χ0n) is 13.4. The normalized spacial score (nSPS) is 11.0. The molecule has 0 fully saturated rings. The van der Waals surface area contributed by atoms with Crippen LogP contribution in [0.4, 0.5) is 5.82 Å². The van der Waals surface area contributed by atoms with Crippen molar-refractivity contribution in [3.63, 3.8) is 0 Å². The Kier molecular flexibility index (Phi) is 4.81. The third-order valence-electron chi connectivity index (χ3n) is 3.53. The summed E-state index contributed by atoms with van der Waals surface area (Å²) in [5, 5.41) is 6.29. The highest BCUT2D eigenvalue weighted by Gasteiger charge is 2.08. The molecule has 0 radical (unpaired) electrons. The first-order valence-electron chi connectivity index (χ1n) is 7.50. The van der Waals surface area contributed by atoms with E-state index in [4.69, 9.17) is 11.6 Å². The number of aromatic amines is 1. The molecule has 1 heterocycles. The maximum Gasteiger partial charge on any atom is 0.334 e. The van der Waals surface area contributed by atoms with Gasteiger partial charge in [0.2, 0.25) is 0 Å². The van der Waals surface area contributed by atoms with Crippen molar-refractivity contribution in [3.8, 4) is 5.69 Å². The maximum atomic E-state index is 12.3. The number of hydrogen-bond donors (Lipinski definition) is 1. The lowest BCUT2D eigenvalue weighted by atomic mass is 10.2. The third-order valence-corrected chi connectivity index (χ3v) is 3.78. The number of H-pyrrole nitrogens is 1. The topological polar surface area (TPSA) is 70.5 Å². The minimum atomic E-state index is -0.526. The standard InChI is InChI=1S/C18H15ClN4O2/c1-22(20-12-13-7-9-14(19)10-8-13)16-11-17(24)23(18(25)21-16)15-5-3-2-4-6-15/h2-12H,1H3,(H,21,25)/b20-12+. The highest BCUT2D eigenvalue weighted by molar-refractivity contribution is 6.30. The van der Waals surface area contributed by atoms with Gasteiger partial charge in [-0.2, -0.15) is 5.10 Å². The van der Waals surface area contributed by atoms with Crippen LogP contribution in [-0.4, -0.2) is 22.8 Å². The second kappa shape index (κ2) is 7.19. The summed E-state index contributed by atoms with van der Waals surface area (Å²) in [5.74, 6) is 0.299. The van der Waals surface area contributed by atoms with Gasteiger partial charge in [0.05, 0.1) is 11.9 Å². The lowest BCUT2D eigenvalue weighted by molar-refractivity contribution is 0.850. The molecule has 2 aromatic carbocycles. The number of aromatic nitrogens is 2. The number of halogens is 1. The van der Waals surface area contributed by atoms with E-state index in [1.165, 1.54) is 11.1 Å². The van der Waals surface area contributed by atoms with E-state index in [-0.39, 0.29) is 0 Å². The van der Waals surface area contributed by atoms with Gasteiger partial charge in [-0.3, -0.25) is 14.8 Å². The van der Waals surface area contributed by atoms with Crippen LogP contribution in [0.1, 0.15) is 5.56 Å². The van der Waals surface area contributed by atoms with Crippen molar-refractivity contribution in [1.82, 2.24) is 9.55 Å². The van der Waals surface area contributed by atoms with Gasteiger partial charge in [-0.25, -0.2) is 9.36 Å². The fraction of sp³-hybridized carbons (Fsp3) is 0.0556. The zero-order valence-corrected chi connectivity index (χ0v) is 14.1. The second-order valence-corrected chi connectivity index (χ2v) is 5.73. The predicted octanol–water partition coefficient (Wildman–Crippen LogP) is 2.65. The highest BCUT2D eigenvalue weighted by Crippen LogP contribution is 2.09. The van der Waals surface area contributed by atoms with E-state index >= 15 is 0 Å². The molecule has 0 aliphatic heterocycles. The van der Waals surface area contributed by atoms with Crippen LogP contribution in [0.5, 0.6) is 0 Å². The second-order valence-electron chi connectivity index (χ2n) is 5.29. The first kappa shape index (κ1) is 16.7. The Morgan fingerprint density at radius 3 is 2.40 bits per heavy atom. The fourth-order valence-electron chi connectivity index (χ4n) is 2.24. The number of nitrogens with zero attached hydrogens (tertiary/aromatic N) is 3. The molecule has 7 heteroatoms. The van der Waals surface area contributed by atoms with Gasteiger partial charge < -0.3 is 0 Å². The van der Waals surface area contributed by atoms with Crippen LogP contribution in [0.15, 0.2) is 75.4 Å². The van der Waals surface area contributed by atoms with Crippen LogP contribution in [0.3, 0.4) is 0 Å². The Balaban J connectivity index is 1.89. The van der Waals surface area contributed by atoms with Crippen molar-refractivity contribution in [2.75, 3.05) is 12.1 Å². The van der Waals surface area contributed by atoms with Crippen LogP contribution in [0.2, 0.25) is 5.02 Å². The lowest BCUT2D eigenvalue weighted by Crippen LogP contribution is -2.34. The number of hydrogen-bond acceptors (Lipinski definition) is 4. The minimum Gasteiger partial charge on any atom is -0.292 e. The Labute approximate surface area is 148 Å². The van der Waals surface area contributed by atoms with Gasteiger partial charge in [-0.1, -0.05) is 41.9 Å². The molecule has 0 aliphatic carbocycles. The van der Waals surface area contributed by atoms with Crippen LogP contribution in [0, 0.1) is 0 Å². The van der Waals surface area contributed by atoms with Gasteiger partial charge in [0, 0.05) is 18.1 Å². The molecule has 0 bridgehead atoms. The minimum absolute atomic E-state index is 0.299. The summed E-state index contributed by atoms with van der Waals surface area (Å²) in [6.45, 7) is 0. The van der Waals surface area contributed by atoms with E-state index < -0.39 is 11.2 Å². The highest BCUT2D eigenvalue weighted by atomic mass is 35.5. The number of hydrazone groups is 1. The SMILES string of the molecule is CN(/N=C/c1ccc(Cl)cc1)c1cc(=O)n(-c2ccccc2)c(=O)[nH]1. The van der Waals surface area contributed by atoms with Crippen molar-refractivity contribution in [3.05, 3.63) is 92.1 Å². The summed E-state index contributed by atoms with van der Waals surface area (Å²) in [5.41, 5.74) is 0.393. The smallest absolute Gasteiger partial charge is 0.292 e. The quantitative estimate of drug-likeness (QED) is 0.578. The molecule has 0 aliphatic rings. The van der Waals surface area contributed by atoms with Crippen molar-refractivity contribution in [2.45, 2.75) is 0 Å². The molecule has 126 valence electrons. The summed E-state index contributed by atoms with van der Waals surface area (Å²) in [4.78, 5) is 27.3. The largest absolute Gasteiger partial charge is 0.334 e. The van der Waals surface area contributed by atoms with Crippen LogP contribution in [-0.2, 0) is 0 Å². The van der Waals surface area contributed by atoms with Gasteiger partial charge >= 0.3 is 5.69 Å². The van der Waals surface area contributed by atoms with E-state index in [2.05, 4.69) is 10.1 Å². The number of rotatable bonds is 4. The molecule has 0 unspecified atom stereocenters. The lowest BCUT2D eigenvalue weighted by Gasteiger charge is -2.13. The summed E-state index contributed by atoms with van der Waals surface area (Å²) in [6, 6.07) is 17.2. The molecular formula is C18H15ClN4O2. The Morgan fingerprint density at radius 1 is 1.08 bits per heavy atom. The van der Waals surface area contributed by atoms with Crippen molar-refractivity contribution in [2.24, 2.45) is 5.10 Å². The monoisotopic (exact) mass is 354 g/mol. The molecule has 1 N–H and O–H groups in total. The molecule has 0 atom stereocenters. The third kappa shape index (κ3) is 3.87. The molecule has 3 aromatic rings. The van der Waals surface area contributed by atoms with E-state index in [9.17, 15) is 9.59 Å². The molecule has 1 aromatic heterocycles. The van der Waals surface area contributed by atoms with Crippen LogP contribution >= 0.6 is 11.6 Å². The van der Waals surface area contributed by atoms with Gasteiger partial charge in [-0.05, 0) is 29.8 Å². The van der Waals surface area contributed by atoms with Crippen LogP contribution < -0.4 is 16.3 Å².